The van der Waals surface area contributed by atoms with Crippen molar-refractivity contribution in [2.45, 2.75) is 38.8 Å². The van der Waals surface area contributed by atoms with E-state index in [2.05, 4.69) is 46.0 Å². The second-order valence-corrected chi connectivity index (χ2v) is 9.94. The zero-order valence-corrected chi connectivity index (χ0v) is 20.6. The molecular formula is C27H31N7O. The Kier molecular flexibility index (Phi) is 5.40. The second kappa shape index (κ2) is 8.61. The van der Waals surface area contributed by atoms with Gasteiger partial charge in [0.1, 0.15) is 0 Å². The van der Waals surface area contributed by atoms with E-state index in [9.17, 15) is 4.79 Å². The number of nitrogens with zero attached hydrogens (tertiary/aromatic N) is 7. The van der Waals surface area contributed by atoms with Crippen molar-refractivity contribution < 1.29 is 4.79 Å². The third-order valence-corrected chi connectivity index (χ3v) is 7.59. The first-order valence-electron chi connectivity index (χ1n) is 12.4. The number of likely N-dealkylation sites (tertiary alicyclic amines) is 1. The number of carbonyl (C=O) groups is 1. The molecule has 1 aromatic carbocycles. The summed E-state index contributed by atoms with van der Waals surface area (Å²) in [5.74, 6) is 0.120. The number of rotatable bonds is 3. The zero-order valence-electron chi connectivity index (χ0n) is 20.6. The summed E-state index contributed by atoms with van der Waals surface area (Å²) in [5, 5.41) is 11.7. The van der Waals surface area contributed by atoms with Gasteiger partial charge in [0, 0.05) is 73.6 Å². The number of aromatic nitrogens is 5. The molecule has 1 fully saturated rings. The minimum Gasteiger partial charge on any atom is -0.338 e. The van der Waals surface area contributed by atoms with Crippen molar-refractivity contribution in [3.63, 3.8) is 0 Å². The van der Waals surface area contributed by atoms with Gasteiger partial charge >= 0.3 is 0 Å². The van der Waals surface area contributed by atoms with Crippen molar-refractivity contribution in [3.8, 4) is 22.5 Å². The summed E-state index contributed by atoms with van der Waals surface area (Å²) in [4.78, 5) is 21.4. The Morgan fingerprint density at radius 2 is 1.91 bits per heavy atom. The number of aryl methyl sites for hydroxylation is 1. The molecule has 2 aliphatic rings. The van der Waals surface area contributed by atoms with Crippen LogP contribution < -0.4 is 0 Å². The molecule has 3 aromatic heterocycles. The van der Waals surface area contributed by atoms with E-state index in [0.717, 1.165) is 72.2 Å². The summed E-state index contributed by atoms with van der Waals surface area (Å²) < 4.78 is 4.09. The number of amides is 1. The predicted octanol–water partition coefficient (Wildman–Crippen LogP) is 3.67. The van der Waals surface area contributed by atoms with Crippen LogP contribution in [-0.4, -0.2) is 66.9 Å². The molecule has 1 amide bonds. The zero-order chi connectivity index (χ0) is 24.1. The molecule has 0 atom stereocenters. The van der Waals surface area contributed by atoms with Crippen LogP contribution in [0.1, 0.15) is 37.1 Å². The van der Waals surface area contributed by atoms with Crippen LogP contribution in [0.4, 0.5) is 0 Å². The van der Waals surface area contributed by atoms with Gasteiger partial charge < -0.3 is 9.80 Å². The van der Waals surface area contributed by atoms with Gasteiger partial charge in [0.15, 0.2) is 0 Å². The molecule has 8 nitrogen and oxygen atoms in total. The molecule has 0 saturated carbocycles. The fourth-order valence-corrected chi connectivity index (χ4v) is 5.56. The third-order valence-electron chi connectivity index (χ3n) is 7.59. The van der Waals surface area contributed by atoms with Crippen LogP contribution in [0.25, 0.3) is 33.3 Å². The van der Waals surface area contributed by atoms with Crippen LogP contribution in [0.2, 0.25) is 0 Å². The fourth-order valence-electron chi connectivity index (χ4n) is 5.56. The molecule has 6 rings (SSSR count). The Hall–Kier alpha value is -3.52. The van der Waals surface area contributed by atoms with Crippen LogP contribution in [0.5, 0.6) is 0 Å². The average molecular weight is 470 g/mol. The molecule has 8 heteroatoms. The third kappa shape index (κ3) is 3.91. The maximum Gasteiger partial charge on any atom is 0.219 e. The smallest absolute Gasteiger partial charge is 0.219 e. The highest BCUT2D eigenvalue weighted by Crippen LogP contribution is 2.37. The highest BCUT2D eigenvalue weighted by atomic mass is 16.2. The summed E-state index contributed by atoms with van der Waals surface area (Å²) >= 11 is 0. The molecular weight excluding hydrogens is 438 g/mol. The number of piperidine rings is 1. The topological polar surface area (TPSA) is 72.1 Å². The van der Waals surface area contributed by atoms with E-state index < -0.39 is 0 Å². The first-order chi connectivity index (χ1) is 17.0. The van der Waals surface area contributed by atoms with Gasteiger partial charge in [0.2, 0.25) is 5.91 Å². The van der Waals surface area contributed by atoms with Crippen molar-refractivity contribution in [2.75, 3.05) is 26.7 Å². The predicted molar refractivity (Wildman–Crippen MR) is 136 cm³/mol. The van der Waals surface area contributed by atoms with Crippen LogP contribution in [0, 0.1) is 0 Å². The summed E-state index contributed by atoms with van der Waals surface area (Å²) in [6, 6.07) is 8.89. The first kappa shape index (κ1) is 22.0. The van der Waals surface area contributed by atoms with Crippen molar-refractivity contribution in [2.24, 2.45) is 7.05 Å². The van der Waals surface area contributed by atoms with Gasteiger partial charge in [-0.05, 0) is 44.4 Å². The van der Waals surface area contributed by atoms with Crippen molar-refractivity contribution in [1.82, 2.24) is 34.3 Å². The maximum absolute atomic E-state index is 12.3. The van der Waals surface area contributed by atoms with Crippen LogP contribution in [0.15, 0.2) is 42.9 Å². The lowest BCUT2D eigenvalue weighted by Gasteiger charge is -2.32. The fraction of sp³-hybridized carbons (Fsp3) is 0.407. The number of pyridine rings is 1. The molecule has 4 aromatic rings. The minimum absolute atomic E-state index is 0.120. The van der Waals surface area contributed by atoms with Crippen molar-refractivity contribution in [1.29, 1.82) is 0 Å². The van der Waals surface area contributed by atoms with Gasteiger partial charge in [-0.15, -0.1) is 0 Å². The van der Waals surface area contributed by atoms with Gasteiger partial charge in [0.05, 0.1) is 23.6 Å². The van der Waals surface area contributed by atoms with E-state index in [0.29, 0.717) is 12.6 Å². The largest absolute Gasteiger partial charge is 0.338 e. The number of hydrogen-bond acceptors (Lipinski definition) is 5. The molecule has 180 valence electrons. The normalized spacial score (nSPS) is 17.2. The molecule has 0 bridgehead atoms. The Balaban J connectivity index is 1.47. The van der Waals surface area contributed by atoms with Crippen LogP contribution in [-0.2, 0) is 24.8 Å². The maximum atomic E-state index is 12.3. The molecule has 0 unspecified atom stereocenters. The Labute approximate surface area is 205 Å². The van der Waals surface area contributed by atoms with E-state index >= 15 is 0 Å². The number of fused-ring (bicyclic) bond motifs is 2. The summed E-state index contributed by atoms with van der Waals surface area (Å²) in [6.07, 6.45) is 8.84. The highest BCUT2D eigenvalue weighted by molar-refractivity contribution is 5.97. The lowest BCUT2D eigenvalue weighted by Crippen LogP contribution is -2.36. The molecule has 0 N–H and O–H groups in total. The van der Waals surface area contributed by atoms with Gasteiger partial charge in [-0.1, -0.05) is 18.2 Å². The number of carbonyl (C=O) groups excluding carboxylic acids is 1. The molecule has 5 heterocycles. The lowest BCUT2D eigenvalue weighted by atomic mass is 9.96. The molecule has 2 aliphatic heterocycles. The first-order valence-corrected chi connectivity index (χ1v) is 12.4. The minimum atomic E-state index is 0.120. The number of benzene rings is 1. The molecule has 0 radical (unpaired) electrons. The number of hydrogen-bond donors (Lipinski definition) is 0. The van der Waals surface area contributed by atoms with E-state index in [1.807, 2.05) is 30.5 Å². The Morgan fingerprint density at radius 1 is 1.09 bits per heavy atom. The quantitative estimate of drug-likeness (QED) is 0.458. The summed E-state index contributed by atoms with van der Waals surface area (Å²) in [6.45, 7) is 5.21. The standard InChI is InChI=1S/C27H31N7O/c1-18(35)33-12-9-26-24(17-33)27(30-34(26)21-7-10-31(2)11-8-21)22-6-4-5-19-13-25(28-15-23(19)22)20-14-29-32(3)16-20/h4-6,13-16,21H,7-12,17H2,1-3H3. The highest BCUT2D eigenvalue weighted by Gasteiger charge is 2.31. The van der Waals surface area contributed by atoms with E-state index in [-0.39, 0.29) is 5.91 Å². The lowest BCUT2D eigenvalue weighted by molar-refractivity contribution is -0.129. The summed E-state index contributed by atoms with van der Waals surface area (Å²) in [5.41, 5.74) is 6.47. The Bertz CT molecular complexity index is 1410. The van der Waals surface area contributed by atoms with Crippen LogP contribution in [0.3, 0.4) is 0 Å². The molecule has 35 heavy (non-hydrogen) atoms. The summed E-state index contributed by atoms with van der Waals surface area (Å²) in [7, 11) is 4.10. The van der Waals surface area contributed by atoms with E-state index in [4.69, 9.17) is 10.1 Å². The van der Waals surface area contributed by atoms with Gasteiger partial charge in [0.25, 0.3) is 0 Å². The van der Waals surface area contributed by atoms with E-state index in [1.54, 1.807) is 11.6 Å². The van der Waals surface area contributed by atoms with E-state index in [1.165, 1.54) is 11.3 Å². The van der Waals surface area contributed by atoms with Gasteiger partial charge in [-0.25, -0.2) is 0 Å². The van der Waals surface area contributed by atoms with Crippen LogP contribution >= 0.6 is 0 Å². The molecule has 0 spiro atoms. The Morgan fingerprint density at radius 3 is 2.66 bits per heavy atom. The monoisotopic (exact) mass is 469 g/mol. The van der Waals surface area contributed by atoms with Crippen molar-refractivity contribution in [3.05, 3.63) is 54.1 Å². The van der Waals surface area contributed by atoms with Gasteiger partial charge in [-0.3, -0.25) is 19.1 Å². The SMILES string of the molecule is CC(=O)N1CCc2c(c(-c3cccc4cc(-c5cnn(C)c5)ncc34)nn2C2CCN(C)CC2)C1. The van der Waals surface area contributed by atoms with Gasteiger partial charge in [-0.2, -0.15) is 10.2 Å². The molecule has 0 aliphatic carbocycles. The van der Waals surface area contributed by atoms with Crippen molar-refractivity contribution >= 4 is 16.7 Å². The second-order valence-electron chi connectivity index (χ2n) is 9.94. The average Bonchev–Trinajstić information content (AvgIpc) is 3.47. The molecule has 1 saturated heterocycles.